The topological polar surface area (TPSA) is 78.7 Å². The molecule has 108 valence electrons. The molecular formula is C15H13NO5. The number of esters is 1. The minimum atomic E-state index is -0.828. The lowest BCUT2D eigenvalue weighted by Crippen LogP contribution is -2.09. The third-order valence-electron chi connectivity index (χ3n) is 2.73. The average Bonchev–Trinajstić information content (AvgIpc) is 2.48. The summed E-state index contributed by atoms with van der Waals surface area (Å²) < 4.78 is 5.20. The summed E-state index contributed by atoms with van der Waals surface area (Å²) in [7, 11) is 0. The van der Waals surface area contributed by atoms with E-state index in [1.165, 1.54) is 0 Å². The Morgan fingerprint density at radius 3 is 2.33 bits per heavy atom. The van der Waals surface area contributed by atoms with Crippen LogP contribution in [-0.4, -0.2) is 17.7 Å². The van der Waals surface area contributed by atoms with Gasteiger partial charge in [-0.15, -0.1) is 10.1 Å². The first-order valence-corrected chi connectivity index (χ1v) is 6.28. The molecule has 0 heterocycles. The molecule has 2 rings (SSSR count). The SMILES string of the molecule is O=C(Oc1ccccc1)c1ccc(CCO[N+](=O)[O-])cc1. The summed E-state index contributed by atoms with van der Waals surface area (Å²) in [6.07, 6.45) is 0.398. The number of carbonyl (C=O) groups excluding carboxylic acids is 1. The van der Waals surface area contributed by atoms with E-state index >= 15 is 0 Å². The second kappa shape index (κ2) is 7.04. The molecule has 21 heavy (non-hydrogen) atoms. The minimum absolute atomic E-state index is 0.0131. The monoisotopic (exact) mass is 287 g/mol. The number of rotatable bonds is 6. The molecule has 2 aromatic carbocycles. The van der Waals surface area contributed by atoms with Crippen LogP contribution >= 0.6 is 0 Å². The summed E-state index contributed by atoms with van der Waals surface area (Å²) in [5.41, 5.74) is 1.26. The molecule has 6 nitrogen and oxygen atoms in total. The van der Waals surface area contributed by atoms with Gasteiger partial charge < -0.3 is 9.57 Å². The van der Waals surface area contributed by atoms with Crippen molar-refractivity contribution in [3.63, 3.8) is 0 Å². The second-order valence-corrected chi connectivity index (χ2v) is 4.21. The Kier molecular flexibility index (Phi) is 4.87. The van der Waals surface area contributed by atoms with Crippen LogP contribution < -0.4 is 4.74 Å². The number of carbonyl (C=O) groups is 1. The number of benzene rings is 2. The fraction of sp³-hybridized carbons (Fsp3) is 0.133. The predicted octanol–water partition coefficient (Wildman–Crippen LogP) is 2.66. The molecule has 0 saturated carbocycles. The van der Waals surface area contributed by atoms with Crippen molar-refractivity contribution in [2.24, 2.45) is 0 Å². The number of nitrogens with zero attached hydrogens (tertiary/aromatic N) is 1. The summed E-state index contributed by atoms with van der Waals surface area (Å²) in [6, 6.07) is 15.4. The van der Waals surface area contributed by atoms with Gasteiger partial charge in [-0.2, -0.15) is 0 Å². The largest absolute Gasteiger partial charge is 0.423 e. The van der Waals surface area contributed by atoms with E-state index in [-0.39, 0.29) is 6.61 Å². The van der Waals surface area contributed by atoms with Gasteiger partial charge in [0.1, 0.15) is 12.4 Å². The highest BCUT2D eigenvalue weighted by molar-refractivity contribution is 5.91. The average molecular weight is 287 g/mol. The second-order valence-electron chi connectivity index (χ2n) is 4.21. The van der Waals surface area contributed by atoms with E-state index in [1.807, 2.05) is 6.07 Å². The summed E-state index contributed by atoms with van der Waals surface area (Å²) in [5.74, 6) is 0.0280. The van der Waals surface area contributed by atoms with Crippen molar-refractivity contribution in [3.05, 3.63) is 75.8 Å². The third-order valence-corrected chi connectivity index (χ3v) is 2.73. The van der Waals surface area contributed by atoms with Crippen LogP contribution in [-0.2, 0) is 11.3 Å². The van der Waals surface area contributed by atoms with Gasteiger partial charge in [0, 0.05) is 0 Å². The first-order valence-electron chi connectivity index (χ1n) is 6.28. The van der Waals surface area contributed by atoms with Crippen molar-refractivity contribution in [3.8, 4) is 5.75 Å². The van der Waals surface area contributed by atoms with Crippen molar-refractivity contribution in [2.75, 3.05) is 6.61 Å². The summed E-state index contributed by atoms with van der Waals surface area (Å²) in [4.78, 5) is 26.2. The van der Waals surface area contributed by atoms with Gasteiger partial charge in [-0.25, -0.2) is 4.79 Å². The lowest BCUT2D eigenvalue weighted by Gasteiger charge is -2.05. The highest BCUT2D eigenvalue weighted by Crippen LogP contribution is 2.12. The van der Waals surface area contributed by atoms with Crippen LogP contribution in [0.5, 0.6) is 5.75 Å². The van der Waals surface area contributed by atoms with Gasteiger partial charge in [-0.05, 0) is 36.2 Å². The van der Waals surface area contributed by atoms with Gasteiger partial charge >= 0.3 is 5.97 Å². The summed E-state index contributed by atoms with van der Waals surface area (Å²) >= 11 is 0. The zero-order chi connectivity index (χ0) is 15.1. The molecule has 6 heteroatoms. The van der Waals surface area contributed by atoms with Crippen molar-refractivity contribution >= 4 is 5.97 Å². The molecule has 0 unspecified atom stereocenters. The quantitative estimate of drug-likeness (QED) is 0.353. The maximum atomic E-state index is 11.9. The molecule has 0 fully saturated rings. The lowest BCUT2D eigenvalue weighted by atomic mass is 10.1. The zero-order valence-corrected chi connectivity index (χ0v) is 11.1. The standard InChI is InChI=1S/C15H13NO5/c17-15(21-14-4-2-1-3-5-14)13-8-6-12(7-9-13)10-11-20-16(18)19/h1-9H,10-11H2. The smallest absolute Gasteiger partial charge is 0.343 e. The summed E-state index contributed by atoms with van der Waals surface area (Å²) in [5, 5.41) is 9.20. The molecule has 0 saturated heterocycles. The van der Waals surface area contributed by atoms with E-state index < -0.39 is 11.1 Å². The normalized spacial score (nSPS) is 9.90. The van der Waals surface area contributed by atoms with E-state index in [0.717, 1.165) is 5.56 Å². The van der Waals surface area contributed by atoms with E-state index in [4.69, 9.17) is 4.74 Å². The molecule has 0 atom stereocenters. The molecule has 0 aromatic heterocycles. The molecule has 0 spiro atoms. The molecule has 0 aliphatic carbocycles. The van der Waals surface area contributed by atoms with Crippen LogP contribution in [0.1, 0.15) is 15.9 Å². The molecule has 2 aromatic rings. The Balaban J connectivity index is 1.92. The van der Waals surface area contributed by atoms with E-state index in [9.17, 15) is 14.9 Å². The first kappa shape index (κ1) is 14.5. The van der Waals surface area contributed by atoms with Crippen LogP contribution in [0, 0.1) is 10.1 Å². The van der Waals surface area contributed by atoms with Crippen LogP contribution in [0.3, 0.4) is 0 Å². The van der Waals surface area contributed by atoms with Gasteiger partial charge in [0.15, 0.2) is 0 Å². The van der Waals surface area contributed by atoms with Gasteiger partial charge in [-0.3, -0.25) is 0 Å². The lowest BCUT2D eigenvalue weighted by molar-refractivity contribution is -0.757. The molecule has 0 amide bonds. The summed E-state index contributed by atoms with van der Waals surface area (Å²) in [6.45, 7) is -0.0131. The first-order chi connectivity index (χ1) is 10.1. The number of ether oxygens (including phenoxy) is 1. The van der Waals surface area contributed by atoms with Crippen molar-refractivity contribution in [1.29, 1.82) is 0 Å². The van der Waals surface area contributed by atoms with Gasteiger partial charge in [0.05, 0.1) is 5.56 Å². The highest BCUT2D eigenvalue weighted by atomic mass is 16.9. The fourth-order valence-corrected chi connectivity index (χ4v) is 1.70. The number of hydrogen-bond acceptors (Lipinski definition) is 5. The molecular weight excluding hydrogens is 274 g/mol. The molecule has 0 aliphatic heterocycles. The molecule has 0 radical (unpaired) electrons. The Labute approximate surface area is 121 Å². The minimum Gasteiger partial charge on any atom is -0.423 e. The van der Waals surface area contributed by atoms with Crippen molar-refractivity contribution in [2.45, 2.75) is 6.42 Å². The van der Waals surface area contributed by atoms with Crippen molar-refractivity contribution < 1.29 is 19.5 Å². The molecule has 0 aliphatic rings. The fourth-order valence-electron chi connectivity index (χ4n) is 1.70. The van der Waals surface area contributed by atoms with Gasteiger partial charge in [0.2, 0.25) is 0 Å². The van der Waals surface area contributed by atoms with Crippen LogP contribution in [0.2, 0.25) is 0 Å². The molecule has 0 N–H and O–H groups in total. The maximum Gasteiger partial charge on any atom is 0.343 e. The van der Waals surface area contributed by atoms with Crippen LogP contribution in [0.4, 0.5) is 0 Å². The van der Waals surface area contributed by atoms with Crippen molar-refractivity contribution in [1.82, 2.24) is 0 Å². The van der Waals surface area contributed by atoms with Crippen LogP contribution in [0.15, 0.2) is 54.6 Å². The third kappa shape index (κ3) is 4.61. The van der Waals surface area contributed by atoms with Gasteiger partial charge in [-0.1, -0.05) is 30.3 Å². The zero-order valence-electron chi connectivity index (χ0n) is 11.1. The Morgan fingerprint density at radius 2 is 1.71 bits per heavy atom. The number of para-hydroxylation sites is 1. The maximum absolute atomic E-state index is 11.9. The van der Waals surface area contributed by atoms with Gasteiger partial charge in [0.25, 0.3) is 5.09 Å². The highest BCUT2D eigenvalue weighted by Gasteiger charge is 2.08. The van der Waals surface area contributed by atoms with Crippen LogP contribution in [0.25, 0.3) is 0 Å². The molecule has 0 bridgehead atoms. The van der Waals surface area contributed by atoms with E-state index in [2.05, 4.69) is 4.84 Å². The van der Waals surface area contributed by atoms with E-state index in [0.29, 0.717) is 17.7 Å². The Bertz CT molecular complexity index is 610. The predicted molar refractivity (Wildman–Crippen MR) is 74.5 cm³/mol. The Morgan fingerprint density at radius 1 is 1.05 bits per heavy atom. The Hall–Kier alpha value is -2.89. The van der Waals surface area contributed by atoms with E-state index in [1.54, 1.807) is 48.5 Å². The number of hydrogen-bond donors (Lipinski definition) is 0.